The monoisotopic (exact) mass is 346 g/mol. The fourth-order valence-electron chi connectivity index (χ4n) is 4.21. The molecule has 0 spiro atoms. The third kappa shape index (κ3) is 4.53. The van der Waals surface area contributed by atoms with Crippen molar-refractivity contribution in [3.8, 4) is 5.75 Å². The normalized spacial score (nSPS) is 24.6. The molecule has 5 heteroatoms. The van der Waals surface area contributed by atoms with Crippen LogP contribution < -0.4 is 10.1 Å². The lowest BCUT2D eigenvalue weighted by atomic mass is 9.94. The molecule has 2 fully saturated rings. The van der Waals surface area contributed by atoms with Gasteiger partial charge in [0.15, 0.2) is 0 Å². The zero-order chi connectivity index (χ0) is 17.6. The van der Waals surface area contributed by atoms with E-state index in [4.69, 9.17) is 9.47 Å². The fraction of sp³-hybridized carbons (Fsp3) is 0.650. The molecule has 1 aliphatic carbocycles. The van der Waals surface area contributed by atoms with E-state index in [1.165, 1.54) is 31.2 Å². The minimum atomic E-state index is 0.0821. The van der Waals surface area contributed by atoms with Crippen LogP contribution in [0.1, 0.15) is 43.6 Å². The van der Waals surface area contributed by atoms with Crippen molar-refractivity contribution >= 4 is 5.91 Å². The van der Waals surface area contributed by atoms with E-state index in [9.17, 15) is 4.79 Å². The molecule has 3 rings (SSSR count). The summed E-state index contributed by atoms with van der Waals surface area (Å²) in [6.07, 6.45) is 5.67. The Morgan fingerprint density at radius 1 is 1.16 bits per heavy atom. The molecule has 1 amide bonds. The van der Waals surface area contributed by atoms with Gasteiger partial charge in [-0.05, 0) is 30.5 Å². The summed E-state index contributed by atoms with van der Waals surface area (Å²) in [6.45, 7) is 2.43. The Hall–Kier alpha value is -1.59. The van der Waals surface area contributed by atoms with E-state index in [0.717, 1.165) is 18.8 Å². The SMILES string of the molecule is COCCC(=O)NC1CN(C2CCCC2)CC1c1ccc(OC)cc1. The van der Waals surface area contributed by atoms with E-state index in [1.807, 2.05) is 12.1 Å². The predicted molar refractivity (Wildman–Crippen MR) is 98.0 cm³/mol. The first-order chi connectivity index (χ1) is 12.2. The number of carbonyl (C=O) groups is 1. The maximum absolute atomic E-state index is 12.2. The van der Waals surface area contributed by atoms with Crippen LogP contribution in [0.3, 0.4) is 0 Å². The van der Waals surface area contributed by atoms with Gasteiger partial charge in [-0.2, -0.15) is 0 Å². The van der Waals surface area contributed by atoms with Crippen molar-refractivity contribution in [2.24, 2.45) is 0 Å². The number of likely N-dealkylation sites (tertiary alicyclic amines) is 1. The van der Waals surface area contributed by atoms with Crippen molar-refractivity contribution in [2.75, 3.05) is 33.9 Å². The quantitative estimate of drug-likeness (QED) is 0.824. The van der Waals surface area contributed by atoms with Crippen LogP contribution in [0.25, 0.3) is 0 Å². The molecule has 0 radical (unpaired) electrons. The first-order valence-electron chi connectivity index (χ1n) is 9.37. The smallest absolute Gasteiger partial charge is 0.222 e. The Balaban J connectivity index is 1.71. The van der Waals surface area contributed by atoms with Gasteiger partial charge < -0.3 is 14.8 Å². The number of ether oxygens (including phenoxy) is 2. The van der Waals surface area contributed by atoms with Crippen LogP contribution >= 0.6 is 0 Å². The van der Waals surface area contributed by atoms with Crippen LogP contribution in [0.15, 0.2) is 24.3 Å². The van der Waals surface area contributed by atoms with Crippen LogP contribution in [0.5, 0.6) is 5.75 Å². The van der Waals surface area contributed by atoms with Gasteiger partial charge in [0.05, 0.1) is 13.7 Å². The van der Waals surface area contributed by atoms with Crippen LogP contribution in [-0.2, 0) is 9.53 Å². The van der Waals surface area contributed by atoms with E-state index < -0.39 is 0 Å². The van der Waals surface area contributed by atoms with Crippen molar-refractivity contribution in [1.29, 1.82) is 0 Å². The summed E-state index contributed by atoms with van der Waals surface area (Å²) in [4.78, 5) is 14.8. The zero-order valence-corrected chi connectivity index (χ0v) is 15.4. The fourth-order valence-corrected chi connectivity index (χ4v) is 4.21. The number of rotatable bonds is 7. The highest BCUT2D eigenvalue weighted by molar-refractivity contribution is 5.76. The van der Waals surface area contributed by atoms with Crippen molar-refractivity contribution in [2.45, 2.75) is 50.1 Å². The molecule has 0 bridgehead atoms. The molecule has 1 saturated carbocycles. The summed E-state index contributed by atoms with van der Waals surface area (Å²) in [5, 5.41) is 3.25. The number of hydrogen-bond acceptors (Lipinski definition) is 4. The number of nitrogens with one attached hydrogen (secondary N) is 1. The van der Waals surface area contributed by atoms with Crippen LogP contribution in [0.2, 0.25) is 0 Å². The number of benzene rings is 1. The molecule has 1 aliphatic heterocycles. The van der Waals surface area contributed by atoms with Crippen LogP contribution in [0, 0.1) is 0 Å². The number of methoxy groups -OCH3 is 2. The highest BCUT2D eigenvalue weighted by atomic mass is 16.5. The molecule has 138 valence electrons. The maximum Gasteiger partial charge on any atom is 0.222 e. The molecule has 2 aliphatic rings. The number of amides is 1. The van der Waals surface area contributed by atoms with E-state index in [1.54, 1.807) is 14.2 Å². The predicted octanol–water partition coefficient (Wildman–Crippen LogP) is 2.56. The highest BCUT2D eigenvalue weighted by Gasteiger charge is 2.38. The number of carbonyl (C=O) groups excluding carboxylic acids is 1. The topological polar surface area (TPSA) is 50.8 Å². The van der Waals surface area contributed by atoms with Gasteiger partial charge in [0, 0.05) is 44.6 Å². The van der Waals surface area contributed by atoms with Crippen LogP contribution in [0.4, 0.5) is 0 Å². The molecular formula is C20H30N2O3. The molecule has 25 heavy (non-hydrogen) atoms. The Kier molecular flexibility index (Phi) is 6.32. The third-order valence-electron chi connectivity index (χ3n) is 5.61. The van der Waals surface area contributed by atoms with E-state index in [0.29, 0.717) is 25.0 Å². The summed E-state index contributed by atoms with van der Waals surface area (Å²) >= 11 is 0. The maximum atomic E-state index is 12.2. The zero-order valence-electron chi connectivity index (χ0n) is 15.4. The van der Waals surface area contributed by atoms with E-state index in [-0.39, 0.29) is 11.9 Å². The van der Waals surface area contributed by atoms with Crippen molar-refractivity contribution in [3.05, 3.63) is 29.8 Å². The summed E-state index contributed by atoms with van der Waals surface area (Å²) in [5.41, 5.74) is 1.28. The van der Waals surface area contributed by atoms with Gasteiger partial charge in [-0.25, -0.2) is 0 Å². The largest absolute Gasteiger partial charge is 0.497 e. The molecule has 1 aromatic carbocycles. The van der Waals surface area contributed by atoms with Crippen molar-refractivity contribution in [1.82, 2.24) is 10.2 Å². The molecule has 0 aromatic heterocycles. The lowest BCUT2D eigenvalue weighted by molar-refractivity contribution is -0.122. The molecule has 1 heterocycles. The Bertz CT molecular complexity index is 555. The summed E-state index contributed by atoms with van der Waals surface area (Å²) < 4.78 is 10.3. The van der Waals surface area contributed by atoms with Gasteiger partial charge in [0.25, 0.3) is 0 Å². The van der Waals surface area contributed by atoms with Gasteiger partial charge in [-0.3, -0.25) is 9.69 Å². The Morgan fingerprint density at radius 3 is 2.52 bits per heavy atom. The van der Waals surface area contributed by atoms with Crippen molar-refractivity contribution in [3.63, 3.8) is 0 Å². The lowest BCUT2D eigenvalue weighted by Gasteiger charge is -2.23. The van der Waals surface area contributed by atoms with Gasteiger partial charge in [-0.15, -0.1) is 0 Å². The second kappa shape index (κ2) is 8.68. The average Bonchev–Trinajstić information content (AvgIpc) is 3.30. The first kappa shape index (κ1) is 18.2. The van der Waals surface area contributed by atoms with Crippen molar-refractivity contribution < 1.29 is 14.3 Å². The second-order valence-electron chi connectivity index (χ2n) is 7.19. The molecule has 5 nitrogen and oxygen atoms in total. The lowest BCUT2D eigenvalue weighted by Crippen LogP contribution is -2.41. The Morgan fingerprint density at radius 2 is 1.88 bits per heavy atom. The molecular weight excluding hydrogens is 316 g/mol. The third-order valence-corrected chi connectivity index (χ3v) is 5.61. The summed E-state index contributed by atoms with van der Waals surface area (Å²) in [7, 11) is 3.32. The molecule has 2 unspecified atom stereocenters. The van der Waals surface area contributed by atoms with Gasteiger partial charge >= 0.3 is 0 Å². The number of hydrogen-bond donors (Lipinski definition) is 1. The highest BCUT2D eigenvalue weighted by Crippen LogP contribution is 2.34. The minimum Gasteiger partial charge on any atom is -0.497 e. The minimum absolute atomic E-state index is 0.0821. The van der Waals surface area contributed by atoms with E-state index >= 15 is 0 Å². The Labute approximate surface area is 150 Å². The van der Waals surface area contributed by atoms with Gasteiger partial charge in [-0.1, -0.05) is 25.0 Å². The molecule has 1 saturated heterocycles. The molecule has 1 aromatic rings. The second-order valence-corrected chi connectivity index (χ2v) is 7.19. The van der Waals surface area contributed by atoms with Gasteiger partial charge in [0.1, 0.15) is 5.75 Å². The van der Waals surface area contributed by atoms with E-state index in [2.05, 4.69) is 22.3 Å². The van der Waals surface area contributed by atoms with Gasteiger partial charge in [0.2, 0.25) is 5.91 Å². The first-order valence-corrected chi connectivity index (χ1v) is 9.37. The van der Waals surface area contributed by atoms with Crippen LogP contribution in [-0.4, -0.2) is 56.8 Å². The summed E-state index contributed by atoms with van der Waals surface area (Å²) in [6, 6.07) is 9.14. The average molecular weight is 346 g/mol. The molecule has 1 N–H and O–H groups in total. The standard InChI is InChI=1S/C20H30N2O3/c1-24-12-11-20(23)21-19-14-22(16-5-3-4-6-16)13-18(19)15-7-9-17(25-2)10-8-15/h7-10,16,18-19H,3-6,11-14H2,1-2H3,(H,21,23). The number of nitrogens with zero attached hydrogens (tertiary/aromatic N) is 1. The molecule has 2 atom stereocenters. The summed E-state index contributed by atoms with van der Waals surface area (Å²) in [5.74, 6) is 1.28.